The number of benzene rings is 1. The van der Waals surface area contributed by atoms with Gasteiger partial charge >= 0.3 is 5.97 Å². The molecule has 8 nitrogen and oxygen atoms in total. The molecule has 0 aliphatic carbocycles. The highest BCUT2D eigenvalue weighted by Crippen LogP contribution is 2.25. The van der Waals surface area contributed by atoms with Gasteiger partial charge in [0.05, 0.1) is 24.1 Å². The van der Waals surface area contributed by atoms with Gasteiger partial charge in [-0.25, -0.2) is 4.68 Å². The van der Waals surface area contributed by atoms with E-state index in [0.29, 0.717) is 49.5 Å². The summed E-state index contributed by atoms with van der Waals surface area (Å²) >= 11 is 6.35. The lowest BCUT2D eigenvalue weighted by Crippen LogP contribution is -2.43. The maximum atomic E-state index is 13.3. The molecule has 1 aliphatic heterocycles. The molecule has 1 amide bonds. The molecule has 34 heavy (non-hydrogen) atoms. The lowest BCUT2D eigenvalue weighted by Gasteiger charge is -2.30. The second-order valence-electron chi connectivity index (χ2n) is 8.65. The summed E-state index contributed by atoms with van der Waals surface area (Å²) in [7, 11) is 0. The van der Waals surface area contributed by atoms with Crippen LogP contribution in [0.25, 0.3) is 10.8 Å². The standard InChI is InChI=1S/C25H29ClN4O4/c1-4-34-25(33)18-9-11-28(12-10-18)22(31)15-30-24(32)23-17(3)29(16(2)20(23)13-27-30)14-19-7-5-6-8-21(19)26/h5-8,13,18H,4,9-12,14-15H2,1-3H3. The maximum absolute atomic E-state index is 13.3. The van der Waals surface area contributed by atoms with E-state index in [2.05, 4.69) is 9.67 Å². The molecule has 9 heteroatoms. The first-order chi connectivity index (χ1) is 16.3. The minimum atomic E-state index is -0.286. The summed E-state index contributed by atoms with van der Waals surface area (Å²) in [5.74, 6) is -0.559. The summed E-state index contributed by atoms with van der Waals surface area (Å²) in [4.78, 5) is 39.8. The number of carbonyl (C=O) groups is 2. The van der Waals surface area contributed by atoms with Crippen molar-refractivity contribution in [1.29, 1.82) is 0 Å². The van der Waals surface area contributed by atoms with Gasteiger partial charge in [-0.15, -0.1) is 0 Å². The Kier molecular flexibility index (Phi) is 7.07. The van der Waals surface area contributed by atoms with Gasteiger partial charge in [-0.05, 0) is 45.2 Å². The number of aromatic nitrogens is 3. The third-order valence-electron chi connectivity index (χ3n) is 6.64. The van der Waals surface area contributed by atoms with Crippen molar-refractivity contribution in [3.05, 3.63) is 62.8 Å². The molecule has 0 saturated carbocycles. The second-order valence-corrected chi connectivity index (χ2v) is 9.06. The molecule has 1 saturated heterocycles. The highest BCUT2D eigenvalue weighted by Gasteiger charge is 2.28. The van der Waals surface area contributed by atoms with E-state index in [1.165, 1.54) is 4.68 Å². The Hall–Kier alpha value is -3.13. The highest BCUT2D eigenvalue weighted by molar-refractivity contribution is 6.31. The topological polar surface area (TPSA) is 86.4 Å². The number of esters is 1. The van der Waals surface area contributed by atoms with Gasteiger partial charge in [0.25, 0.3) is 5.56 Å². The van der Waals surface area contributed by atoms with Crippen molar-refractivity contribution in [2.24, 2.45) is 5.92 Å². The maximum Gasteiger partial charge on any atom is 0.309 e. The van der Waals surface area contributed by atoms with Gasteiger partial charge in [0.1, 0.15) is 6.54 Å². The molecule has 2 aromatic heterocycles. The zero-order chi connectivity index (χ0) is 24.4. The van der Waals surface area contributed by atoms with Gasteiger partial charge in [0.15, 0.2) is 0 Å². The van der Waals surface area contributed by atoms with Crippen LogP contribution in [0.15, 0.2) is 35.3 Å². The Labute approximate surface area is 203 Å². The van der Waals surface area contributed by atoms with E-state index in [4.69, 9.17) is 16.3 Å². The van der Waals surface area contributed by atoms with Gasteiger partial charge in [-0.3, -0.25) is 14.4 Å². The predicted molar refractivity (Wildman–Crippen MR) is 130 cm³/mol. The van der Waals surface area contributed by atoms with Crippen LogP contribution in [0.5, 0.6) is 0 Å². The van der Waals surface area contributed by atoms with E-state index >= 15 is 0 Å². The number of rotatable bonds is 6. The molecule has 4 rings (SSSR count). The molecule has 0 spiro atoms. The molecule has 180 valence electrons. The van der Waals surface area contributed by atoms with Crippen LogP contribution in [0.3, 0.4) is 0 Å². The van der Waals surface area contributed by atoms with E-state index in [0.717, 1.165) is 22.3 Å². The quantitative estimate of drug-likeness (QED) is 0.501. The lowest BCUT2D eigenvalue weighted by molar-refractivity contribution is -0.151. The molecule has 3 heterocycles. The summed E-state index contributed by atoms with van der Waals surface area (Å²) < 4.78 is 8.38. The van der Waals surface area contributed by atoms with Crippen molar-refractivity contribution in [3.8, 4) is 0 Å². The first-order valence-electron chi connectivity index (χ1n) is 11.5. The summed E-state index contributed by atoms with van der Waals surface area (Å²) in [6, 6.07) is 7.63. The third kappa shape index (κ3) is 4.59. The van der Waals surface area contributed by atoms with Gasteiger partial charge < -0.3 is 14.2 Å². The van der Waals surface area contributed by atoms with Crippen LogP contribution in [0, 0.1) is 19.8 Å². The summed E-state index contributed by atoms with van der Waals surface area (Å²) in [5, 5.41) is 6.30. The van der Waals surface area contributed by atoms with Crippen molar-refractivity contribution >= 4 is 34.2 Å². The van der Waals surface area contributed by atoms with Gasteiger partial charge in [0.2, 0.25) is 5.91 Å². The Morgan fingerprint density at radius 3 is 2.53 bits per heavy atom. The fraction of sp³-hybridized carbons (Fsp3) is 0.440. The van der Waals surface area contributed by atoms with Gasteiger partial charge in [-0.1, -0.05) is 29.8 Å². The van der Waals surface area contributed by atoms with Crippen LogP contribution in [-0.2, 0) is 27.4 Å². The van der Waals surface area contributed by atoms with Crippen molar-refractivity contribution in [3.63, 3.8) is 0 Å². The zero-order valence-electron chi connectivity index (χ0n) is 19.7. The lowest BCUT2D eigenvalue weighted by atomic mass is 9.97. The number of amides is 1. The van der Waals surface area contributed by atoms with Crippen LogP contribution in [0.2, 0.25) is 5.02 Å². The van der Waals surface area contributed by atoms with E-state index in [-0.39, 0.29) is 29.9 Å². The first kappa shape index (κ1) is 24.0. The summed E-state index contributed by atoms with van der Waals surface area (Å²) in [6.45, 7) is 7.33. The summed E-state index contributed by atoms with van der Waals surface area (Å²) in [6.07, 6.45) is 2.78. The number of piperidine rings is 1. The highest BCUT2D eigenvalue weighted by atomic mass is 35.5. The van der Waals surface area contributed by atoms with Crippen LogP contribution in [-0.4, -0.2) is 50.8 Å². The molecule has 0 N–H and O–H groups in total. The number of fused-ring (bicyclic) bond motifs is 1. The molecular weight excluding hydrogens is 456 g/mol. The van der Waals surface area contributed by atoms with Crippen molar-refractivity contribution < 1.29 is 14.3 Å². The molecule has 1 fully saturated rings. The molecule has 0 bridgehead atoms. The largest absolute Gasteiger partial charge is 0.466 e. The van der Waals surface area contributed by atoms with E-state index < -0.39 is 0 Å². The molecule has 1 aliphatic rings. The van der Waals surface area contributed by atoms with E-state index in [9.17, 15) is 14.4 Å². The zero-order valence-corrected chi connectivity index (χ0v) is 20.5. The van der Waals surface area contributed by atoms with Crippen LogP contribution in [0.4, 0.5) is 0 Å². The fourth-order valence-corrected chi connectivity index (χ4v) is 4.84. The number of hydrogen-bond acceptors (Lipinski definition) is 5. The number of hydrogen-bond donors (Lipinski definition) is 0. The van der Waals surface area contributed by atoms with Crippen LogP contribution in [0.1, 0.15) is 36.7 Å². The predicted octanol–water partition coefficient (Wildman–Crippen LogP) is 3.32. The monoisotopic (exact) mass is 484 g/mol. The number of nitrogens with zero attached hydrogens (tertiary/aromatic N) is 4. The normalized spacial score (nSPS) is 14.5. The minimum absolute atomic E-state index is 0.132. The Morgan fingerprint density at radius 2 is 1.85 bits per heavy atom. The second kappa shape index (κ2) is 10.0. The molecule has 0 unspecified atom stereocenters. The Bertz CT molecular complexity index is 1290. The number of ether oxygens (including phenoxy) is 1. The number of halogens is 1. The Morgan fingerprint density at radius 1 is 1.15 bits per heavy atom. The van der Waals surface area contributed by atoms with E-state index in [1.54, 1.807) is 18.0 Å². The van der Waals surface area contributed by atoms with Gasteiger partial charge in [0, 0.05) is 41.4 Å². The van der Waals surface area contributed by atoms with Crippen molar-refractivity contribution in [2.75, 3.05) is 19.7 Å². The molecule has 3 aromatic rings. The summed E-state index contributed by atoms with van der Waals surface area (Å²) in [5.41, 5.74) is 2.42. The van der Waals surface area contributed by atoms with E-state index in [1.807, 2.05) is 38.1 Å². The Balaban J connectivity index is 1.53. The van der Waals surface area contributed by atoms with Crippen molar-refractivity contribution in [2.45, 2.75) is 46.7 Å². The van der Waals surface area contributed by atoms with Crippen molar-refractivity contribution in [1.82, 2.24) is 19.2 Å². The molecule has 1 aromatic carbocycles. The minimum Gasteiger partial charge on any atom is -0.466 e. The van der Waals surface area contributed by atoms with Gasteiger partial charge in [-0.2, -0.15) is 5.10 Å². The van der Waals surface area contributed by atoms with Crippen LogP contribution >= 0.6 is 11.6 Å². The average molecular weight is 485 g/mol. The SMILES string of the molecule is CCOC(=O)C1CCN(C(=O)Cn2ncc3c(C)n(Cc4ccccc4Cl)c(C)c3c2=O)CC1. The molecule has 0 radical (unpaired) electrons. The number of carbonyl (C=O) groups excluding carboxylic acids is 2. The third-order valence-corrected chi connectivity index (χ3v) is 7.01. The molecular formula is C25H29ClN4O4. The van der Waals surface area contributed by atoms with Crippen LogP contribution < -0.4 is 5.56 Å². The fourth-order valence-electron chi connectivity index (χ4n) is 4.64. The number of aryl methyl sites for hydroxylation is 2. The smallest absolute Gasteiger partial charge is 0.309 e. The molecule has 0 atom stereocenters. The average Bonchev–Trinajstić information content (AvgIpc) is 3.07. The first-order valence-corrected chi connectivity index (χ1v) is 11.9. The number of likely N-dealkylation sites (tertiary alicyclic amines) is 1.